The van der Waals surface area contributed by atoms with Gasteiger partial charge in [0.2, 0.25) is 0 Å². The summed E-state index contributed by atoms with van der Waals surface area (Å²) in [5.74, 6) is 2.10. The number of amides is 1. The summed E-state index contributed by atoms with van der Waals surface area (Å²) >= 11 is 0. The van der Waals surface area contributed by atoms with Gasteiger partial charge in [0, 0.05) is 18.7 Å². The molecule has 5 heteroatoms. The number of hydrogen-bond donors (Lipinski definition) is 1. The van der Waals surface area contributed by atoms with Gasteiger partial charge in [-0.15, -0.1) is 0 Å². The highest BCUT2D eigenvalue weighted by Gasteiger charge is 2.24. The molecule has 24 heavy (non-hydrogen) atoms. The van der Waals surface area contributed by atoms with E-state index in [1.807, 2.05) is 36.9 Å². The summed E-state index contributed by atoms with van der Waals surface area (Å²) in [4.78, 5) is 14.7. The molecule has 0 saturated carbocycles. The lowest BCUT2D eigenvalue weighted by Gasteiger charge is -2.32. The van der Waals surface area contributed by atoms with Crippen molar-refractivity contribution in [2.75, 3.05) is 39.4 Å². The first-order valence-electron chi connectivity index (χ1n) is 9.09. The molecule has 1 aromatic carbocycles. The second-order valence-corrected chi connectivity index (χ2v) is 6.07. The maximum atomic E-state index is 12.8. The topological polar surface area (TPSA) is 50.8 Å². The lowest BCUT2D eigenvalue weighted by atomic mass is 9.96. The van der Waals surface area contributed by atoms with Gasteiger partial charge in [0.15, 0.2) is 11.5 Å². The Morgan fingerprint density at radius 2 is 1.79 bits per heavy atom. The van der Waals surface area contributed by atoms with Crippen molar-refractivity contribution >= 4 is 5.91 Å². The lowest BCUT2D eigenvalue weighted by Crippen LogP contribution is -2.40. The molecule has 0 bridgehead atoms. The van der Waals surface area contributed by atoms with Crippen LogP contribution in [0.1, 0.15) is 44.0 Å². The Labute approximate surface area is 145 Å². The van der Waals surface area contributed by atoms with Crippen LogP contribution < -0.4 is 14.8 Å². The predicted octanol–water partition coefficient (Wildman–Crippen LogP) is 2.95. The van der Waals surface area contributed by atoms with Crippen molar-refractivity contribution in [2.45, 2.75) is 33.6 Å². The minimum atomic E-state index is 0.0842. The summed E-state index contributed by atoms with van der Waals surface area (Å²) in [6.07, 6.45) is 2.13. The van der Waals surface area contributed by atoms with Crippen LogP contribution in [0.25, 0.3) is 0 Å². The van der Waals surface area contributed by atoms with E-state index in [4.69, 9.17) is 9.47 Å². The van der Waals surface area contributed by atoms with Crippen molar-refractivity contribution in [3.05, 3.63) is 23.8 Å². The van der Waals surface area contributed by atoms with E-state index in [1.165, 1.54) is 0 Å². The first-order valence-corrected chi connectivity index (χ1v) is 9.09. The average Bonchev–Trinajstić information content (AvgIpc) is 2.61. The third-order valence-corrected chi connectivity index (χ3v) is 4.38. The van der Waals surface area contributed by atoms with Gasteiger partial charge in [0.05, 0.1) is 13.2 Å². The zero-order chi connectivity index (χ0) is 17.4. The Kier molecular flexibility index (Phi) is 7.37. The van der Waals surface area contributed by atoms with Crippen LogP contribution in [0.15, 0.2) is 18.2 Å². The molecule has 134 valence electrons. The number of benzene rings is 1. The molecular formula is C19H30N2O3. The van der Waals surface area contributed by atoms with Crippen molar-refractivity contribution < 1.29 is 14.3 Å². The number of ether oxygens (including phenoxy) is 2. The Morgan fingerprint density at radius 1 is 1.12 bits per heavy atom. The van der Waals surface area contributed by atoms with Gasteiger partial charge in [-0.1, -0.05) is 6.92 Å². The molecule has 1 fully saturated rings. The largest absolute Gasteiger partial charge is 0.490 e. The standard InChI is InChI=1S/C19H30N2O3/c1-4-20-14-15-9-11-21(12-10-15)19(22)16-7-8-17(23-5-2)18(13-16)24-6-3/h7-8,13,15,20H,4-6,9-12,14H2,1-3H3. The van der Waals surface area contributed by atoms with E-state index in [0.29, 0.717) is 36.2 Å². The quantitative estimate of drug-likeness (QED) is 0.794. The second-order valence-electron chi connectivity index (χ2n) is 6.07. The van der Waals surface area contributed by atoms with E-state index in [9.17, 15) is 4.79 Å². The van der Waals surface area contributed by atoms with Crippen molar-refractivity contribution in [1.29, 1.82) is 0 Å². The predicted molar refractivity (Wildman–Crippen MR) is 96.0 cm³/mol. The van der Waals surface area contributed by atoms with Gasteiger partial charge < -0.3 is 19.7 Å². The Balaban J connectivity index is 2.00. The summed E-state index contributed by atoms with van der Waals surface area (Å²) in [6, 6.07) is 5.47. The van der Waals surface area contributed by atoms with E-state index in [2.05, 4.69) is 12.2 Å². The normalized spacial score (nSPS) is 15.4. The van der Waals surface area contributed by atoms with Crippen LogP contribution >= 0.6 is 0 Å². The fourth-order valence-electron chi connectivity index (χ4n) is 3.06. The monoisotopic (exact) mass is 334 g/mol. The molecule has 5 nitrogen and oxygen atoms in total. The molecule has 0 radical (unpaired) electrons. The van der Waals surface area contributed by atoms with Crippen molar-refractivity contribution in [3.8, 4) is 11.5 Å². The third kappa shape index (κ3) is 4.87. The van der Waals surface area contributed by atoms with E-state index < -0.39 is 0 Å². The van der Waals surface area contributed by atoms with Crippen LogP contribution in [0.4, 0.5) is 0 Å². The fourth-order valence-corrected chi connectivity index (χ4v) is 3.06. The molecule has 0 atom stereocenters. The number of carbonyl (C=O) groups excluding carboxylic acids is 1. The Bertz CT molecular complexity index is 525. The molecule has 1 aliphatic rings. The van der Waals surface area contributed by atoms with Gasteiger partial charge in [-0.05, 0) is 63.9 Å². The van der Waals surface area contributed by atoms with E-state index in [0.717, 1.165) is 39.0 Å². The molecule has 1 N–H and O–H groups in total. The molecule has 0 aliphatic carbocycles. The highest BCUT2D eigenvalue weighted by atomic mass is 16.5. The molecule has 1 heterocycles. The number of nitrogens with zero attached hydrogens (tertiary/aromatic N) is 1. The maximum absolute atomic E-state index is 12.8. The zero-order valence-corrected chi connectivity index (χ0v) is 15.1. The minimum absolute atomic E-state index is 0.0842. The van der Waals surface area contributed by atoms with E-state index >= 15 is 0 Å². The highest BCUT2D eigenvalue weighted by molar-refractivity contribution is 5.95. The third-order valence-electron chi connectivity index (χ3n) is 4.38. The highest BCUT2D eigenvalue weighted by Crippen LogP contribution is 2.29. The van der Waals surface area contributed by atoms with Crippen LogP contribution in [-0.4, -0.2) is 50.2 Å². The molecule has 1 amide bonds. The number of carbonyl (C=O) groups is 1. The average molecular weight is 334 g/mol. The number of likely N-dealkylation sites (tertiary alicyclic amines) is 1. The molecule has 0 unspecified atom stereocenters. The molecular weight excluding hydrogens is 304 g/mol. The number of nitrogens with one attached hydrogen (secondary N) is 1. The fraction of sp³-hybridized carbons (Fsp3) is 0.632. The smallest absolute Gasteiger partial charge is 0.253 e. The Hall–Kier alpha value is -1.75. The molecule has 0 aromatic heterocycles. The first kappa shape index (κ1) is 18.6. The van der Waals surface area contributed by atoms with Crippen LogP contribution in [0.5, 0.6) is 11.5 Å². The summed E-state index contributed by atoms with van der Waals surface area (Å²) in [7, 11) is 0. The molecule has 0 spiro atoms. The van der Waals surface area contributed by atoms with Crippen molar-refractivity contribution in [2.24, 2.45) is 5.92 Å². The van der Waals surface area contributed by atoms with Gasteiger partial charge in [0.25, 0.3) is 5.91 Å². The van der Waals surface area contributed by atoms with Gasteiger partial charge in [-0.3, -0.25) is 4.79 Å². The van der Waals surface area contributed by atoms with Crippen LogP contribution in [-0.2, 0) is 0 Å². The lowest BCUT2D eigenvalue weighted by molar-refractivity contribution is 0.0689. The summed E-state index contributed by atoms with van der Waals surface area (Å²) < 4.78 is 11.2. The second kappa shape index (κ2) is 9.52. The SMILES string of the molecule is CCNCC1CCN(C(=O)c2ccc(OCC)c(OCC)c2)CC1. The number of piperidine rings is 1. The number of rotatable bonds is 8. The summed E-state index contributed by atoms with van der Waals surface area (Å²) in [5, 5.41) is 3.40. The first-order chi connectivity index (χ1) is 11.7. The number of hydrogen-bond acceptors (Lipinski definition) is 4. The molecule has 1 aliphatic heterocycles. The van der Waals surface area contributed by atoms with Crippen LogP contribution in [0.3, 0.4) is 0 Å². The summed E-state index contributed by atoms with van der Waals surface area (Å²) in [5.41, 5.74) is 0.673. The van der Waals surface area contributed by atoms with Crippen molar-refractivity contribution in [1.82, 2.24) is 10.2 Å². The minimum Gasteiger partial charge on any atom is -0.490 e. The van der Waals surface area contributed by atoms with Crippen LogP contribution in [0, 0.1) is 5.92 Å². The Morgan fingerprint density at radius 3 is 2.42 bits per heavy atom. The van der Waals surface area contributed by atoms with Crippen LogP contribution in [0.2, 0.25) is 0 Å². The van der Waals surface area contributed by atoms with Gasteiger partial charge >= 0.3 is 0 Å². The van der Waals surface area contributed by atoms with Crippen molar-refractivity contribution in [3.63, 3.8) is 0 Å². The molecule has 1 aromatic rings. The summed E-state index contributed by atoms with van der Waals surface area (Å²) in [6.45, 7) is 10.8. The maximum Gasteiger partial charge on any atom is 0.253 e. The molecule has 1 saturated heterocycles. The van der Waals surface area contributed by atoms with Gasteiger partial charge in [-0.2, -0.15) is 0 Å². The van der Waals surface area contributed by atoms with Gasteiger partial charge in [0.1, 0.15) is 0 Å². The molecule has 2 rings (SSSR count). The van der Waals surface area contributed by atoms with Gasteiger partial charge in [-0.25, -0.2) is 0 Å². The zero-order valence-electron chi connectivity index (χ0n) is 15.1. The van der Waals surface area contributed by atoms with E-state index in [-0.39, 0.29) is 5.91 Å². The van der Waals surface area contributed by atoms with E-state index in [1.54, 1.807) is 0 Å².